The molecule has 1 aromatic rings. The Morgan fingerprint density at radius 2 is 1.56 bits per heavy atom. The predicted molar refractivity (Wildman–Crippen MR) is 138 cm³/mol. The van der Waals surface area contributed by atoms with Crippen molar-refractivity contribution in [1.29, 1.82) is 0 Å². The molecule has 2 heterocycles. The van der Waals surface area contributed by atoms with Crippen molar-refractivity contribution in [2.24, 2.45) is 5.73 Å². The highest BCUT2D eigenvalue weighted by molar-refractivity contribution is 6.25. The van der Waals surface area contributed by atoms with Crippen LogP contribution in [0, 0.1) is 0 Å². The predicted octanol–water partition coefficient (Wildman–Crippen LogP) is 3.38. The molecule has 2 aliphatic rings. The number of nitrogens with one attached hydrogen (secondary N) is 2. The topological polar surface area (TPSA) is 131 Å². The number of hydrogen-bond acceptors (Lipinski definition) is 7. The molecule has 0 radical (unpaired) electrons. The van der Waals surface area contributed by atoms with Crippen molar-refractivity contribution < 1.29 is 23.9 Å². The van der Waals surface area contributed by atoms with E-state index in [2.05, 4.69) is 10.6 Å². The molecule has 0 aliphatic carbocycles. The van der Waals surface area contributed by atoms with E-state index in [-0.39, 0.29) is 18.7 Å². The van der Waals surface area contributed by atoms with Gasteiger partial charge in [0.1, 0.15) is 6.04 Å². The standard InChI is InChI=1S/C27H40N4O5/c28-16-7-3-1-2-5-9-18-36-19-10-6-4-8-17-29-21-13-11-12-20-24(21)27(35)31(26(20)34)22-14-15-23(32)30-25(22)33/h11-13,22,29H,1-10,14-19,28H2,(H,30,32,33). The number of hydrogen-bond donors (Lipinski definition) is 3. The molecule has 4 amide bonds. The van der Waals surface area contributed by atoms with Gasteiger partial charge in [0.05, 0.1) is 11.1 Å². The third-order valence-electron chi connectivity index (χ3n) is 6.74. The van der Waals surface area contributed by atoms with Crippen LogP contribution in [0.3, 0.4) is 0 Å². The van der Waals surface area contributed by atoms with Crippen molar-refractivity contribution in [3.63, 3.8) is 0 Å². The summed E-state index contributed by atoms with van der Waals surface area (Å²) in [5, 5.41) is 5.51. The van der Waals surface area contributed by atoms with E-state index in [9.17, 15) is 19.2 Å². The van der Waals surface area contributed by atoms with Gasteiger partial charge in [-0.15, -0.1) is 0 Å². The molecule has 198 valence electrons. The van der Waals surface area contributed by atoms with E-state index in [1.165, 1.54) is 25.7 Å². The Morgan fingerprint density at radius 1 is 0.889 bits per heavy atom. The molecule has 0 bridgehead atoms. The molecule has 1 unspecified atom stereocenters. The van der Waals surface area contributed by atoms with Gasteiger partial charge in [0.25, 0.3) is 11.8 Å². The van der Waals surface area contributed by atoms with Crippen LogP contribution in [0.1, 0.15) is 97.8 Å². The van der Waals surface area contributed by atoms with Crippen molar-refractivity contribution in [3.8, 4) is 0 Å². The van der Waals surface area contributed by atoms with Crippen molar-refractivity contribution in [1.82, 2.24) is 10.2 Å². The summed E-state index contributed by atoms with van der Waals surface area (Å²) in [7, 11) is 0. The molecule has 4 N–H and O–H groups in total. The zero-order chi connectivity index (χ0) is 25.8. The fraction of sp³-hybridized carbons (Fsp3) is 0.630. The first-order valence-electron chi connectivity index (χ1n) is 13.4. The van der Waals surface area contributed by atoms with Crippen molar-refractivity contribution in [3.05, 3.63) is 29.3 Å². The van der Waals surface area contributed by atoms with Crippen molar-refractivity contribution in [2.75, 3.05) is 31.6 Å². The van der Waals surface area contributed by atoms with Gasteiger partial charge >= 0.3 is 0 Å². The van der Waals surface area contributed by atoms with Crippen LogP contribution in [0.15, 0.2) is 18.2 Å². The Balaban J connectivity index is 1.32. The number of anilines is 1. The highest BCUT2D eigenvalue weighted by atomic mass is 16.5. The molecular weight excluding hydrogens is 460 g/mol. The maximum atomic E-state index is 13.1. The van der Waals surface area contributed by atoms with Crippen LogP contribution < -0.4 is 16.4 Å². The third-order valence-corrected chi connectivity index (χ3v) is 6.74. The highest BCUT2D eigenvalue weighted by Crippen LogP contribution is 2.32. The van der Waals surface area contributed by atoms with Crippen molar-refractivity contribution in [2.45, 2.75) is 83.1 Å². The average Bonchev–Trinajstić information content (AvgIpc) is 3.12. The van der Waals surface area contributed by atoms with Crippen LogP contribution in [0.4, 0.5) is 5.69 Å². The largest absolute Gasteiger partial charge is 0.384 e. The molecule has 0 saturated carbocycles. The van der Waals surface area contributed by atoms with Crippen LogP contribution in [0.5, 0.6) is 0 Å². The lowest BCUT2D eigenvalue weighted by atomic mass is 10.0. The minimum atomic E-state index is -0.952. The lowest BCUT2D eigenvalue weighted by molar-refractivity contribution is -0.136. The summed E-state index contributed by atoms with van der Waals surface area (Å²) >= 11 is 0. The van der Waals surface area contributed by atoms with Gasteiger partial charge in [0.2, 0.25) is 11.8 Å². The zero-order valence-electron chi connectivity index (χ0n) is 21.2. The van der Waals surface area contributed by atoms with E-state index < -0.39 is 23.8 Å². The van der Waals surface area contributed by atoms with E-state index in [4.69, 9.17) is 10.5 Å². The molecule has 3 rings (SSSR count). The van der Waals surface area contributed by atoms with Crippen LogP contribution in [-0.4, -0.2) is 60.9 Å². The monoisotopic (exact) mass is 500 g/mol. The summed E-state index contributed by atoms with van der Waals surface area (Å²) in [5.74, 6) is -1.95. The molecule has 0 spiro atoms. The van der Waals surface area contributed by atoms with Gasteiger partial charge in [-0.3, -0.25) is 29.4 Å². The minimum Gasteiger partial charge on any atom is -0.384 e. The summed E-state index contributed by atoms with van der Waals surface area (Å²) < 4.78 is 5.73. The van der Waals surface area contributed by atoms with Crippen LogP contribution >= 0.6 is 0 Å². The average molecular weight is 501 g/mol. The molecule has 2 aliphatic heterocycles. The molecule has 1 atom stereocenters. The number of amides is 4. The number of rotatable bonds is 17. The number of nitrogens with zero attached hydrogens (tertiary/aromatic N) is 1. The number of nitrogens with two attached hydrogens (primary N) is 1. The number of unbranched alkanes of at least 4 members (excludes halogenated alkanes) is 8. The molecule has 1 saturated heterocycles. The van der Waals surface area contributed by atoms with Crippen molar-refractivity contribution >= 4 is 29.3 Å². The van der Waals surface area contributed by atoms with Gasteiger partial charge < -0.3 is 15.8 Å². The van der Waals surface area contributed by atoms with Crippen LogP contribution in [0.2, 0.25) is 0 Å². The van der Waals surface area contributed by atoms with Gasteiger partial charge in [0, 0.05) is 31.9 Å². The molecule has 9 heteroatoms. The van der Waals surface area contributed by atoms with E-state index in [1.807, 2.05) is 0 Å². The number of imide groups is 2. The maximum Gasteiger partial charge on any atom is 0.264 e. The number of piperidine rings is 1. The Hall–Kier alpha value is -2.78. The molecule has 0 aromatic heterocycles. The second-order valence-electron chi connectivity index (χ2n) is 9.54. The first kappa shape index (κ1) is 27.8. The van der Waals surface area contributed by atoms with E-state index >= 15 is 0 Å². The highest BCUT2D eigenvalue weighted by Gasteiger charge is 2.45. The number of fused-ring (bicyclic) bond motifs is 1. The minimum absolute atomic E-state index is 0.107. The summed E-state index contributed by atoms with van der Waals surface area (Å²) in [6.45, 7) is 3.10. The van der Waals surface area contributed by atoms with E-state index in [0.29, 0.717) is 23.4 Å². The van der Waals surface area contributed by atoms with Crippen LogP contribution in [-0.2, 0) is 14.3 Å². The molecule has 1 aromatic carbocycles. The fourth-order valence-electron chi connectivity index (χ4n) is 4.73. The zero-order valence-corrected chi connectivity index (χ0v) is 21.2. The Bertz CT molecular complexity index is 919. The summed E-state index contributed by atoms with van der Waals surface area (Å²) in [5.41, 5.74) is 6.70. The van der Waals surface area contributed by atoms with Gasteiger partial charge in [-0.2, -0.15) is 0 Å². The fourth-order valence-corrected chi connectivity index (χ4v) is 4.73. The van der Waals surface area contributed by atoms with Gasteiger partial charge in [-0.05, 0) is 50.8 Å². The lowest BCUT2D eigenvalue weighted by Gasteiger charge is -2.27. The normalized spacial score (nSPS) is 17.5. The summed E-state index contributed by atoms with van der Waals surface area (Å²) in [4.78, 5) is 50.7. The second-order valence-corrected chi connectivity index (χ2v) is 9.54. The Labute approximate surface area is 213 Å². The SMILES string of the molecule is NCCCCCCCCOCCCCCCNc1cccc2c1C(=O)N(C1CCC(=O)NC1=O)C2=O. The number of ether oxygens (including phenoxy) is 1. The Morgan fingerprint density at radius 3 is 2.25 bits per heavy atom. The maximum absolute atomic E-state index is 13.1. The Kier molecular flexibility index (Phi) is 11.4. The van der Waals surface area contributed by atoms with E-state index in [0.717, 1.165) is 63.2 Å². The van der Waals surface area contributed by atoms with Gasteiger partial charge in [0.15, 0.2) is 0 Å². The first-order chi connectivity index (χ1) is 17.5. The third kappa shape index (κ3) is 7.61. The molecule has 1 fully saturated rings. The van der Waals surface area contributed by atoms with E-state index in [1.54, 1.807) is 18.2 Å². The van der Waals surface area contributed by atoms with Gasteiger partial charge in [-0.1, -0.05) is 44.6 Å². The van der Waals surface area contributed by atoms with Crippen LogP contribution in [0.25, 0.3) is 0 Å². The number of benzene rings is 1. The first-order valence-corrected chi connectivity index (χ1v) is 13.4. The summed E-state index contributed by atoms with van der Waals surface area (Å²) in [6.07, 6.45) is 11.6. The number of carbonyl (C=O) groups excluding carboxylic acids is 4. The molecule has 9 nitrogen and oxygen atoms in total. The lowest BCUT2D eigenvalue weighted by Crippen LogP contribution is -2.54. The smallest absolute Gasteiger partial charge is 0.264 e. The molecule has 36 heavy (non-hydrogen) atoms. The van der Waals surface area contributed by atoms with Gasteiger partial charge in [-0.25, -0.2) is 0 Å². The quantitative estimate of drug-likeness (QED) is 0.221. The molecular formula is C27H40N4O5. The number of carbonyl (C=O) groups is 4. The second kappa shape index (κ2) is 14.7. The summed E-state index contributed by atoms with van der Waals surface area (Å²) in [6, 6.07) is 4.17.